The lowest BCUT2D eigenvalue weighted by Gasteiger charge is -2.34. The molecule has 0 saturated heterocycles. The Morgan fingerprint density at radius 2 is 1.74 bits per heavy atom. The standard InChI is InChI=1S/C28H27NO6/c1-33-19-11-12-20-22(29-27(32)28(13-14-28)21-5-3-4-6-23(21)34-2)16-24(35-25(20)15-19)17-7-9-18(10-8-17)26(30)31/h3-12,15,22,24H,13-14,16H2,1-2H3,(H,29,32)(H,30,31)/t22-,24-/m1/s1. The molecule has 1 saturated carbocycles. The van der Waals surface area contributed by atoms with Crippen LogP contribution < -0.4 is 19.5 Å². The minimum atomic E-state index is -0.979. The largest absolute Gasteiger partial charge is 0.497 e. The number of ether oxygens (including phenoxy) is 3. The molecule has 2 N–H and O–H groups in total. The molecular weight excluding hydrogens is 446 g/mol. The number of fused-ring (bicyclic) bond motifs is 1. The van der Waals surface area contributed by atoms with Gasteiger partial charge < -0.3 is 24.6 Å². The average molecular weight is 474 g/mol. The van der Waals surface area contributed by atoms with Gasteiger partial charge in [0.25, 0.3) is 0 Å². The summed E-state index contributed by atoms with van der Waals surface area (Å²) in [6.45, 7) is 0. The van der Waals surface area contributed by atoms with E-state index in [9.17, 15) is 14.7 Å². The second kappa shape index (κ2) is 8.98. The summed E-state index contributed by atoms with van der Waals surface area (Å²) in [5.41, 5.74) is 2.24. The van der Waals surface area contributed by atoms with Gasteiger partial charge in [-0.05, 0) is 48.7 Å². The maximum atomic E-state index is 13.7. The van der Waals surface area contributed by atoms with E-state index in [2.05, 4.69) is 5.32 Å². The van der Waals surface area contributed by atoms with Crippen LogP contribution in [0.2, 0.25) is 0 Å². The van der Waals surface area contributed by atoms with Crippen molar-refractivity contribution >= 4 is 11.9 Å². The molecule has 1 amide bonds. The Kier molecular flexibility index (Phi) is 5.84. The fraction of sp³-hybridized carbons (Fsp3) is 0.286. The van der Waals surface area contributed by atoms with E-state index in [0.717, 1.165) is 29.5 Å². The fourth-order valence-electron chi connectivity index (χ4n) is 4.84. The van der Waals surface area contributed by atoms with Crippen molar-refractivity contribution < 1.29 is 28.9 Å². The molecule has 0 unspecified atom stereocenters. The highest BCUT2D eigenvalue weighted by Gasteiger charge is 2.53. The van der Waals surface area contributed by atoms with Crippen LogP contribution in [0, 0.1) is 0 Å². The van der Waals surface area contributed by atoms with Gasteiger partial charge in [0.2, 0.25) is 5.91 Å². The molecule has 1 aliphatic heterocycles. The highest BCUT2D eigenvalue weighted by Crippen LogP contribution is 2.52. The number of carbonyl (C=O) groups is 2. The smallest absolute Gasteiger partial charge is 0.335 e. The fourth-order valence-corrected chi connectivity index (χ4v) is 4.84. The van der Waals surface area contributed by atoms with E-state index in [-0.39, 0.29) is 23.6 Å². The monoisotopic (exact) mass is 473 g/mol. The van der Waals surface area contributed by atoms with Crippen LogP contribution in [-0.4, -0.2) is 31.2 Å². The van der Waals surface area contributed by atoms with Crippen LogP contribution in [0.1, 0.15) is 58.5 Å². The van der Waals surface area contributed by atoms with Gasteiger partial charge in [-0.25, -0.2) is 4.79 Å². The molecule has 35 heavy (non-hydrogen) atoms. The predicted molar refractivity (Wildman–Crippen MR) is 129 cm³/mol. The van der Waals surface area contributed by atoms with Crippen LogP contribution in [0.15, 0.2) is 66.7 Å². The van der Waals surface area contributed by atoms with Crippen LogP contribution in [0.3, 0.4) is 0 Å². The molecule has 1 fully saturated rings. The number of benzene rings is 3. The Morgan fingerprint density at radius 1 is 1.00 bits per heavy atom. The van der Waals surface area contributed by atoms with E-state index >= 15 is 0 Å². The van der Waals surface area contributed by atoms with Crippen molar-refractivity contribution in [3.05, 3.63) is 89.0 Å². The van der Waals surface area contributed by atoms with Crippen molar-refractivity contribution in [2.24, 2.45) is 0 Å². The van der Waals surface area contributed by atoms with Crippen molar-refractivity contribution in [1.29, 1.82) is 0 Å². The normalized spacial score (nSPS) is 19.6. The molecule has 0 bridgehead atoms. The lowest BCUT2D eigenvalue weighted by Crippen LogP contribution is -2.39. The minimum absolute atomic E-state index is 0.0318. The second-order valence-electron chi connectivity index (χ2n) is 8.98. The number of carboxylic acid groups (broad SMARTS) is 1. The Morgan fingerprint density at radius 3 is 2.40 bits per heavy atom. The highest BCUT2D eigenvalue weighted by molar-refractivity contribution is 5.92. The van der Waals surface area contributed by atoms with Crippen LogP contribution >= 0.6 is 0 Å². The molecular formula is C28H27NO6. The molecule has 180 valence electrons. The number of rotatable bonds is 7. The third-order valence-corrected chi connectivity index (χ3v) is 6.96. The van der Waals surface area contributed by atoms with E-state index < -0.39 is 11.4 Å². The van der Waals surface area contributed by atoms with E-state index in [1.165, 1.54) is 0 Å². The minimum Gasteiger partial charge on any atom is -0.497 e. The van der Waals surface area contributed by atoms with Gasteiger partial charge in [0.1, 0.15) is 23.4 Å². The number of carbonyl (C=O) groups excluding carboxylic acids is 1. The maximum Gasteiger partial charge on any atom is 0.335 e. The number of nitrogens with one attached hydrogen (secondary N) is 1. The van der Waals surface area contributed by atoms with E-state index in [1.54, 1.807) is 38.5 Å². The molecule has 0 aromatic heterocycles. The zero-order valence-corrected chi connectivity index (χ0v) is 19.6. The Bertz CT molecular complexity index is 1260. The van der Waals surface area contributed by atoms with E-state index in [4.69, 9.17) is 14.2 Å². The molecule has 1 aliphatic carbocycles. The maximum absolute atomic E-state index is 13.7. The summed E-state index contributed by atoms with van der Waals surface area (Å²) in [6, 6.07) is 19.6. The van der Waals surface area contributed by atoms with Gasteiger partial charge in [0.05, 0.1) is 31.2 Å². The van der Waals surface area contributed by atoms with Gasteiger partial charge in [-0.1, -0.05) is 30.3 Å². The van der Waals surface area contributed by atoms with Crippen LogP contribution in [0.4, 0.5) is 0 Å². The molecule has 2 atom stereocenters. The van der Waals surface area contributed by atoms with Gasteiger partial charge in [-0.15, -0.1) is 0 Å². The first-order chi connectivity index (χ1) is 16.9. The number of hydrogen-bond acceptors (Lipinski definition) is 5. The number of para-hydroxylation sites is 1. The van der Waals surface area contributed by atoms with Gasteiger partial charge in [0, 0.05) is 23.6 Å². The number of amides is 1. The summed E-state index contributed by atoms with van der Waals surface area (Å²) < 4.78 is 17.2. The Hall–Kier alpha value is -4.00. The van der Waals surface area contributed by atoms with Gasteiger partial charge in [-0.3, -0.25) is 4.79 Å². The van der Waals surface area contributed by atoms with Gasteiger partial charge in [-0.2, -0.15) is 0 Å². The lowest BCUT2D eigenvalue weighted by atomic mass is 9.90. The first-order valence-corrected chi connectivity index (χ1v) is 11.6. The third kappa shape index (κ3) is 4.18. The number of hydrogen-bond donors (Lipinski definition) is 2. The molecule has 7 heteroatoms. The molecule has 7 nitrogen and oxygen atoms in total. The van der Waals surface area contributed by atoms with Crippen molar-refractivity contribution in [2.45, 2.75) is 36.8 Å². The molecule has 3 aromatic carbocycles. The van der Waals surface area contributed by atoms with Crippen LogP contribution in [0.25, 0.3) is 0 Å². The summed E-state index contributed by atoms with van der Waals surface area (Å²) in [5, 5.41) is 12.5. The zero-order chi connectivity index (χ0) is 24.6. The summed E-state index contributed by atoms with van der Waals surface area (Å²) in [7, 11) is 3.21. The van der Waals surface area contributed by atoms with Crippen molar-refractivity contribution in [2.75, 3.05) is 14.2 Å². The van der Waals surface area contributed by atoms with Gasteiger partial charge >= 0.3 is 5.97 Å². The molecule has 5 rings (SSSR count). The molecule has 1 heterocycles. The summed E-state index contributed by atoms with van der Waals surface area (Å²) >= 11 is 0. The van der Waals surface area contributed by atoms with Crippen molar-refractivity contribution in [1.82, 2.24) is 5.32 Å². The van der Waals surface area contributed by atoms with Crippen LogP contribution in [-0.2, 0) is 10.2 Å². The predicted octanol–water partition coefficient (Wildman–Crippen LogP) is 4.81. The lowest BCUT2D eigenvalue weighted by molar-refractivity contribution is -0.124. The quantitative estimate of drug-likeness (QED) is 0.511. The third-order valence-electron chi connectivity index (χ3n) is 6.96. The number of aromatic carboxylic acids is 1. The number of methoxy groups -OCH3 is 2. The summed E-state index contributed by atoms with van der Waals surface area (Å²) in [5.74, 6) is 0.996. The van der Waals surface area contributed by atoms with Crippen molar-refractivity contribution in [3.63, 3.8) is 0 Å². The zero-order valence-electron chi connectivity index (χ0n) is 19.6. The average Bonchev–Trinajstić information content (AvgIpc) is 3.70. The molecule has 2 aliphatic rings. The Labute approximate surface area is 203 Å². The van der Waals surface area contributed by atoms with Gasteiger partial charge in [0.15, 0.2) is 0 Å². The molecule has 3 aromatic rings. The van der Waals surface area contributed by atoms with E-state index in [1.807, 2.05) is 42.5 Å². The molecule has 0 spiro atoms. The summed E-state index contributed by atoms with van der Waals surface area (Å²) in [4.78, 5) is 24.9. The topological polar surface area (TPSA) is 94.1 Å². The molecule has 0 radical (unpaired) electrons. The number of carboxylic acids is 1. The SMILES string of the molecule is COc1ccc2c(c1)O[C@@H](c1ccc(C(=O)O)cc1)C[C@H]2NC(=O)C1(c2ccccc2OC)CC1. The summed E-state index contributed by atoms with van der Waals surface area (Å²) in [6.07, 6.45) is 1.68. The second-order valence-corrected chi connectivity index (χ2v) is 8.98. The first-order valence-electron chi connectivity index (χ1n) is 11.6. The highest BCUT2D eigenvalue weighted by atomic mass is 16.5. The van der Waals surface area contributed by atoms with E-state index in [0.29, 0.717) is 23.7 Å². The first kappa shape index (κ1) is 22.8. The van der Waals surface area contributed by atoms with Crippen molar-refractivity contribution in [3.8, 4) is 17.2 Å². The Balaban J connectivity index is 1.45. The van der Waals surface area contributed by atoms with Crippen LogP contribution in [0.5, 0.6) is 17.2 Å².